The molecule has 0 saturated carbocycles. The molecule has 1 amide bonds. The normalized spacial score (nSPS) is 17.7. The van der Waals surface area contributed by atoms with Crippen LogP contribution in [0.25, 0.3) is 5.76 Å². The average Bonchev–Trinajstić information content (AvgIpc) is 3.47. The maximum Gasteiger partial charge on any atom is 0.295 e. The first-order valence-corrected chi connectivity index (χ1v) is 10.7. The summed E-state index contributed by atoms with van der Waals surface area (Å²) in [5, 5.41) is 15.7. The first kappa shape index (κ1) is 22.3. The van der Waals surface area contributed by atoms with Crippen molar-refractivity contribution < 1.29 is 19.4 Å². The molecule has 1 unspecified atom stereocenters. The lowest BCUT2D eigenvalue weighted by atomic mass is 9.94. The highest BCUT2D eigenvalue weighted by Gasteiger charge is 2.46. The number of aliphatic hydroxyl groups is 1. The number of benzene rings is 1. The van der Waals surface area contributed by atoms with E-state index in [0.29, 0.717) is 47.8 Å². The van der Waals surface area contributed by atoms with Crippen molar-refractivity contribution in [3.63, 3.8) is 0 Å². The van der Waals surface area contributed by atoms with Crippen LogP contribution in [0.2, 0.25) is 0 Å². The Morgan fingerprint density at radius 3 is 2.64 bits per heavy atom. The number of aromatic nitrogens is 4. The molecule has 3 aromatic rings. The average molecular weight is 450 g/mol. The van der Waals surface area contributed by atoms with Gasteiger partial charge >= 0.3 is 0 Å². The lowest BCUT2D eigenvalue weighted by Crippen LogP contribution is -2.31. The molecule has 1 saturated heterocycles. The minimum absolute atomic E-state index is 0.0649. The number of hydrogen-bond donors (Lipinski definition) is 1. The number of rotatable bonds is 7. The van der Waals surface area contributed by atoms with Gasteiger partial charge in [-0.1, -0.05) is 12.1 Å². The van der Waals surface area contributed by atoms with Crippen LogP contribution in [0.4, 0.5) is 0 Å². The fraction of sp³-hybridized carbons (Fsp3) is 0.333. The molecule has 1 aliphatic rings. The van der Waals surface area contributed by atoms with Gasteiger partial charge in [0, 0.05) is 38.2 Å². The van der Waals surface area contributed by atoms with E-state index in [1.54, 1.807) is 56.5 Å². The Bertz CT molecular complexity index is 1230. The summed E-state index contributed by atoms with van der Waals surface area (Å²) in [6, 6.07) is 6.49. The third kappa shape index (κ3) is 4.02. The molecule has 9 heteroatoms. The van der Waals surface area contributed by atoms with Crippen molar-refractivity contribution in [3.8, 4) is 5.75 Å². The van der Waals surface area contributed by atoms with Gasteiger partial charge in [-0.05, 0) is 38.0 Å². The van der Waals surface area contributed by atoms with E-state index in [9.17, 15) is 14.7 Å². The van der Waals surface area contributed by atoms with Crippen LogP contribution < -0.4 is 4.74 Å². The van der Waals surface area contributed by atoms with Crippen LogP contribution in [0.15, 0.2) is 48.6 Å². The Balaban J connectivity index is 1.79. The Kier molecular flexibility index (Phi) is 6.04. The summed E-state index contributed by atoms with van der Waals surface area (Å²) in [6.45, 7) is 4.57. The second kappa shape index (κ2) is 8.93. The topological polar surface area (TPSA) is 102 Å². The largest absolute Gasteiger partial charge is 0.507 e. The summed E-state index contributed by atoms with van der Waals surface area (Å²) in [4.78, 5) is 31.9. The second-order valence-corrected chi connectivity index (χ2v) is 8.09. The van der Waals surface area contributed by atoms with Gasteiger partial charge < -0.3 is 19.3 Å². The number of methoxy groups -OCH3 is 1. The zero-order chi connectivity index (χ0) is 23.7. The summed E-state index contributed by atoms with van der Waals surface area (Å²) in [5.74, 6) is -0.938. The molecule has 33 heavy (non-hydrogen) atoms. The van der Waals surface area contributed by atoms with Crippen molar-refractivity contribution in [3.05, 3.63) is 71.1 Å². The van der Waals surface area contributed by atoms with Crippen molar-refractivity contribution in [2.24, 2.45) is 7.05 Å². The summed E-state index contributed by atoms with van der Waals surface area (Å²) in [5.41, 5.74) is 2.53. The summed E-state index contributed by atoms with van der Waals surface area (Å²) < 4.78 is 8.93. The fourth-order valence-electron chi connectivity index (χ4n) is 4.36. The highest BCUT2D eigenvalue weighted by molar-refractivity contribution is 6.46. The van der Waals surface area contributed by atoms with Crippen molar-refractivity contribution in [2.75, 3.05) is 13.7 Å². The van der Waals surface area contributed by atoms with E-state index in [2.05, 4.69) is 10.1 Å². The van der Waals surface area contributed by atoms with Gasteiger partial charge in [0.15, 0.2) is 0 Å². The number of amides is 1. The lowest BCUT2D eigenvalue weighted by molar-refractivity contribution is -0.139. The number of ketones is 1. The van der Waals surface area contributed by atoms with Gasteiger partial charge in [-0.25, -0.2) is 4.98 Å². The number of aryl methyl sites for hydroxylation is 3. The van der Waals surface area contributed by atoms with Crippen LogP contribution in [0.3, 0.4) is 0 Å². The monoisotopic (exact) mass is 449 g/mol. The number of carbonyl (C=O) groups is 2. The molecule has 9 nitrogen and oxygen atoms in total. The van der Waals surface area contributed by atoms with Crippen molar-refractivity contribution in [2.45, 2.75) is 32.9 Å². The molecule has 0 bridgehead atoms. The molecule has 1 fully saturated rings. The van der Waals surface area contributed by atoms with Crippen LogP contribution >= 0.6 is 0 Å². The molecule has 1 atom stereocenters. The number of hydrogen-bond acceptors (Lipinski definition) is 6. The van der Waals surface area contributed by atoms with E-state index in [1.807, 2.05) is 23.8 Å². The Morgan fingerprint density at radius 2 is 2.00 bits per heavy atom. The predicted octanol–water partition coefficient (Wildman–Crippen LogP) is 2.75. The number of imidazole rings is 1. The van der Waals surface area contributed by atoms with Crippen molar-refractivity contribution in [1.29, 1.82) is 0 Å². The first-order valence-electron chi connectivity index (χ1n) is 10.7. The third-order valence-electron chi connectivity index (χ3n) is 6.07. The van der Waals surface area contributed by atoms with Gasteiger partial charge in [0.2, 0.25) is 0 Å². The smallest absolute Gasteiger partial charge is 0.295 e. The van der Waals surface area contributed by atoms with E-state index in [-0.39, 0.29) is 11.3 Å². The van der Waals surface area contributed by atoms with E-state index in [1.165, 1.54) is 4.90 Å². The minimum atomic E-state index is -0.734. The third-order valence-corrected chi connectivity index (χ3v) is 6.07. The van der Waals surface area contributed by atoms with Gasteiger partial charge in [-0.3, -0.25) is 14.3 Å². The van der Waals surface area contributed by atoms with Crippen LogP contribution in [0.1, 0.15) is 35.0 Å². The minimum Gasteiger partial charge on any atom is -0.507 e. The van der Waals surface area contributed by atoms with Gasteiger partial charge in [-0.15, -0.1) is 0 Å². The lowest BCUT2D eigenvalue weighted by Gasteiger charge is -2.25. The van der Waals surface area contributed by atoms with Crippen molar-refractivity contribution >= 4 is 17.4 Å². The number of aliphatic hydroxyl groups excluding tert-OH is 1. The number of nitrogens with zero attached hydrogens (tertiary/aromatic N) is 5. The molecule has 3 heterocycles. The van der Waals surface area contributed by atoms with Crippen LogP contribution in [0.5, 0.6) is 5.75 Å². The fourth-order valence-corrected chi connectivity index (χ4v) is 4.36. The quantitative estimate of drug-likeness (QED) is 0.338. The number of likely N-dealkylation sites (tertiary alicyclic amines) is 1. The van der Waals surface area contributed by atoms with Crippen molar-refractivity contribution in [1.82, 2.24) is 24.2 Å². The van der Waals surface area contributed by atoms with Crippen LogP contribution in [0, 0.1) is 13.8 Å². The molecule has 1 aliphatic heterocycles. The molecule has 0 spiro atoms. The van der Waals surface area contributed by atoms with Crippen LogP contribution in [-0.4, -0.2) is 54.7 Å². The van der Waals surface area contributed by atoms with Gasteiger partial charge in [-0.2, -0.15) is 5.10 Å². The highest BCUT2D eigenvalue weighted by Crippen LogP contribution is 2.41. The zero-order valence-electron chi connectivity index (χ0n) is 19.1. The first-order chi connectivity index (χ1) is 15.8. The number of Topliss-reactive ketones (excluding diaryl/α,β-unsaturated/α-hetero) is 1. The zero-order valence-corrected chi connectivity index (χ0v) is 19.1. The number of carbonyl (C=O) groups excluding carboxylic acids is 2. The second-order valence-electron chi connectivity index (χ2n) is 8.09. The van der Waals surface area contributed by atoms with E-state index in [4.69, 9.17) is 4.74 Å². The molecular weight excluding hydrogens is 422 g/mol. The van der Waals surface area contributed by atoms with Gasteiger partial charge in [0.1, 0.15) is 11.5 Å². The SMILES string of the molecule is COc1cccc(C2/C(=C(\O)c3c(C)nn(C)c3C)C(=O)C(=O)N2CCCn2ccnc2)c1. The Labute approximate surface area is 191 Å². The molecule has 0 radical (unpaired) electrons. The predicted molar refractivity (Wildman–Crippen MR) is 122 cm³/mol. The van der Waals surface area contributed by atoms with E-state index < -0.39 is 17.7 Å². The van der Waals surface area contributed by atoms with Gasteiger partial charge in [0.05, 0.1) is 36.3 Å². The molecule has 2 aromatic heterocycles. The molecule has 172 valence electrons. The van der Waals surface area contributed by atoms with E-state index in [0.717, 1.165) is 0 Å². The Morgan fingerprint density at radius 1 is 1.21 bits per heavy atom. The summed E-state index contributed by atoms with van der Waals surface area (Å²) in [7, 11) is 3.33. The Hall–Kier alpha value is -3.88. The highest BCUT2D eigenvalue weighted by atomic mass is 16.5. The van der Waals surface area contributed by atoms with E-state index >= 15 is 0 Å². The molecule has 4 rings (SSSR count). The summed E-state index contributed by atoms with van der Waals surface area (Å²) in [6.07, 6.45) is 5.87. The molecule has 1 aromatic carbocycles. The molecular formula is C24H27N5O4. The maximum atomic E-state index is 13.2. The summed E-state index contributed by atoms with van der Waals surface area (Å²) >= 11 is 0. The van der Waals surface area contributed by atoms with Crippen LogP contribution in [-0.2, 0) is 23.2 Å². The number of ether oxygens (including phenoxy) is 1. The van der Waals surface area contributed by atoms with Gasteiger partial charge in [0.25, 0.3) is 11.7 Å². The standard InChI is InChI=1S/C24H27N5O4/c1-15-19(16(2)27(3)26-15)22(30)20-21(17-7-5-8-18(13-17)33-4)29(24(32)23(20)31)11-6-10-28-12-9-25-14-28/h5,7-9,12-14,21,30H,6,10-11H2,1-4H3/b22-20+. The molecule has 0 aliphatic carbocycles. The molecule has 1 N–H and O–H groups in total. The maximum absolute atomic E-state index is 13.2.